The summed E-state index contributed by atoms with van der Waals surface area (Å²) in [4.78, 5) is 17.8. The van der Waals surface area contributed by atoms with Crippen LogP contribution in [0.5, 0.6) is 0 Å². The molecule has 1 atom stereocenters. The quantitative estimate of drug-likeness (QED) is 0.309. The van der Waals surface area contributed by atoms with Crippen LogP contribution in [0, 0.1) is 0 Å². The zero-order chi connectivity index (χ0) is 24.7. The van der Waals surface area contributed by atoms with Gasteiger partial charge in [0.2, 0.25) is 5.91 Å². The number of anilines is 2. The number of hydrogen-bond acceptors (Lipinski definition) is 3. The van der Waals surface area contributed by atoms with Gasteiger partial charge in [0.15, 0.2) is 0 Å². The molecule has 1 heterocycles. The van der Waals surface area contributed by atoms with E-state index in [4.69, 9.17) is 0 Å². The maximum Gasteiger partial charge on any atom is 0.240 e. The molecule has 0 aromatic heterocycles. The number of nitrogens with one attached hydrogen (secondary N) is 1. The number of benzene rings is 4. The largest absolute Gasteiger partial charge is 0.330 e. The standard InChI is InChI=1S/C32H31N3O/c1-25(35(28-18-10-4-11-19-28)29-20-12-5-13-21-29)24-33-30-22-23-34(32(30)36)31(26-14-6-2-7-15-26)27-16-8-3-9-17-27/h2-21,30-31,33H,1,22-24H2. The lowest BCUT2D eigenvalue weighted by Gasteiger charge is -2.30. The fourth-order valence-electron chi connectivity index (χ4n) is 4.96. The summed E-state index contributed by atoms with van der Waals surface area (Å²) in [5.41, 5.74) is 5.23. The first-order valence-electron chi connectivity index (χ1n) is 12.4. The predicted molar refractivity (Wildman–Crippen MR) is 147 cm³/mol. The van der Waals surface area contributed by atoms with Gasteiger partial charge in [-0.25, -0.2) is 0 Å². The fourth-order valence-corrected chi connectivity index (χ4v) is 4.96. The molecule has 1 aliphatic rings. The third-order valence-electron chi connectivity index (χ3n) is 6.68. The van der Waals surface area contributed by atoms with Gasteiger partial charge in [0.05, 0.1) is 12.1 Å². The van der Waals surface area contributed by atoms with Crippen LogP contribution in [0.25, 0.3) is 0 Å². The molecule has 1 saturated heterocycles. The van der Waals surface area contributed by atoms with Crippen molar-refractivity contribution in [2.45, 2.75) is 18.5 Å². The monoisotopic (exact) mass is 473 g/mol. The minimum absolute atomic E-state index is 0.0972. The number of likely N-dealkylation sites (tertiary alicyclic amines) is 1. The van der Waals surface area contributed by atoms with Gasteiger partial charge in [-0.05, 0) is 41.8 Å². The van der Waals surface area contributed by atoms with Gasteiger partial charge in [-0.2, -0.15) is 0 Å². The Kier molecular flexibility index (Phi) is 7.25. The number of nitrogens with zero attached hydrogens (tertiary/aromatic N) is 2. The third kappa shape index (κ3) is 5.09. The fraction of sp³-hybridized carbons (Fsp3) is 0.156. The van der Waals surface area contributed by atoms with Crippen molar-refractivity contribution in [1.82, 2.24) is 10.2 Å². The Morgan fingerprint density at radius 2 is 1.22 bits per heavy atom. The SMILES string of the molecule is C=C(CNC1CCN(C(c2ccccc2)c2ccccc2)C1=O)N(c1ccccc1)c1ccccc1. The molecule has 1 N–H and O–H groups in total. The number of carbonyl (C=O) groups is 1. The van der Waals surface area contributed by atoms with Crippen molar-refractivity contribution < 1.29 is 4.79 Å². The summed E-state index contributed by atoms with van der Waals surface area (Å²) in [6.07, 6.45) is 0.763. The molecule has 4 heteroatoms. The molecule has 0 aliphatic carbocycles. The zero-order valence-corrected chi connectivity index (χ0v) is 20.3. The second kappa shape index (κ2) is 11.1. The minimum Gasteiger partial charge on any atom is -0.330 e. The van der Waals surface area contributed by atoms with Crippen LogP contribution in [0.2, 0.25) is 0 Å². The summed E-state index contributed by atoms with van der Waals surface area (Å²) in [6, 6.07) is 40.6. The average molecular weight is 474 g/mol. The van der Waals surface area contributed by atoms with E-state index in [1.54, 1.807) is 0 Å². The second-order valence-corrected chi connectivity index (χ2v) is 9.05. The summed E-state index contributed by atoms with van der Waals surface area (Å²) < 4.78 is 0. The van der Waals surface area contributed by atoms with Gasteiger partial charge in [-0.3, -0.25) is 4.79 Å². The van der Waals surface area contributed by atoms with Crippen molar-refractivity contribution in [3.8, 4) is 0 Å². The molecule has 180 valence electrons. The van der Waals surface area contributed by atoms with Crippen LogP contribution >= 0.6 is 0 Å². The van der Waals surface area contributed by atoms with Gasteiger partial charge < -0.3 is 15.1 Å². The minimum atomic E-state index is -0.245. The number of para-hydroxylation sites is 2. The Morgan fingerprint density at radius 1 is 0.778 bits per heavy atom. The van der Waals surface area contributed by atoms with E-state index in [-0.39, 0.29) is 18.0 Å². The first kappa shape index (κ1) is 23.6. The molecule has 4 aromatic rings. The average Bonchev–Trinajstić information content (AvgIpc) is 3.30. The Hall–Kier alpha value is -4.15. The molecule has 0 spiro atoms. The number of carbonyl (C=O) groups excluding carboxylic acids is 1. The molecule has 4 nitrogen and oxygen atoms in total. The van der Waals surface area contributed by atoms with Crippen LogP contribution in [-0.4, -0.2) is 29.9 Å². The lowest BCUT2D eigenvalue weighted by atomic mass is 9.97. The number of amides is 1. The van der Waals surface area contributed by atoms with Crippen molar-refractivity contribution in [2.75, 3.05) is 18.0 Å². The maximum atomic E-state index is 13.6. The summed E-state index contributed by atoms with van der Waals surface area (Å²) in [5.74, 6) is 0.131. The smallest absolute Gasteiger partial charge is 0.240 e. The molecule has 4 aromatic carbocycles. The van der Waals surface area contributed by atoms with Crippen molar-refractivity contribution in [3.05, 3.63) is 145 Å². The number of rotatable bonds is 9. The van der Waals surface area contributed by atoms with E-state index < -0.39 is 0 Å². The van der Waals surface area contributed by atoms with Crippen LogP contribution < -0.4 is 10.2 Å². The summed E-state index contributed by atoms with van der Waals surface area (Å²) in [5, 5.41) is 3.51. The second-order valence-electron chi connectivity index (χ2n) is 9.05. The molecule has 1 amide bonds. The summed E-state index contributed by atoms with van der Waals surface area (Å²) in [6.45, 7) is 5.60. The maximum absolute atomic E-state index is 13.6. The first-order chi connectivity index (χ1) is 17.7. The van der Waals surface area contributed by atoms with Gasteiger partial charge in [-0.1, -0.05) is 104 Å². The van der Waals surface area contributed by atoms with Gasteiger partial charge in [0.25, 0.3) is 0 Å². The van der Waals surface area contributed by atoms with Crippen LogP contribution in [0.4, 0.5) is 11.4 Å². The van der Waals surface area contributed by atoms with Crippen LogP contribution in [0.15, 0.2) is 134 Å². The molecule has 0 bridgehead atoms. The Bertz CT molecular complexity index is 1200. The summed E-state index contributed by atoms with van der Waals surface area (Å²) >= 11 is 0. The van der Waals surface area contributed by atoms with Crippen molar-refractivity contribution >= 4 is 17.3 Å². The third-order valence-corrected chi connectivity index (χ3v) is 6.68. The predicted octanol–water partition coefficient (Wildman–Crippen LogP) is 6.32. The van der Waals surface area contributed by atoms with E-state index in [1.165, 1.54) is 0 Å². The topological polar surface area (TPSA) is 35.6 Å². The van der Waals surface area contributed by atoms with Gasteiger partial charge in [-0.15, -0.1) is 0 Å². The van der Waals surface area contributed by atoms with Crippen LogP contribution in [0.3, 0.4) is 0 Å². The van der Waals surface area contributed by atoms with E-state index in [0.717, 1.165) is 34.6 Å². The lowest BCUT2D eigenvalue weighted by molar-refractivity contribution is -0.130. The molecular formula is C32H31N3O. The highest BCUT2D eigenvalue weighted by atomic mass is 16.2. The van der Waals surface area contributed by atoms with E-state index in [9.17, 15) is 4.79 Å². The normalized spacial score (nSPS) is 15.3. The van der Waals surface area contributed by atoms with E-state index in [0.29, 0.717) is 13.1 Å². The highest BCUT2D eigenvalue weighted by molar-refractivity contribution is 5.85. The molecule has 0 saturated carbocycles. The highest BCUT2D eigenvalue weighted by Crippen LogP contribution is 2.33. The molecule has 1 unspecified atom stereocenters. The van der Waals surface area contributed by atoms with Crippen molar-refractivity contribution in [1.29, 1.82) is 0 Å². The Balaban J connectivity index is 1.32. The van der Waals surface area contributed by atoms with Crippen molar-refractivity contribution in [2.24, 2.45) is 0 Å². The van der Waals surface area contributed by atoms with Gasteiger partial charge >= 0.3 is 0 Å². The molecule has 5 rings (SSSR count). The van der Waals surface area contributed by atoms with Crippen molar-refractivity contribution in [3.63, 3.8) is 0 Å². The first-order valence-corrected chi connectivity index (χ1v) is 12.4. The molecule has 1 aliphatic heterocycles. The summed E-state index contributed by atoms with van der Waals surface area (Å²) in [7, 11) is 0. The Labute approximate surface area is 213 Å². The van der Waals surface area contributed by atoms with E-state index >= 15 is 0 Å². The highest BCUT2D eigenvalue weighted by Gasteiger charge is 2.37. The molecule has 0 radical (unpaired) electrons. The van der Waals surface area contributed by atoms with Gasteiger partial charge in [0, 0.05) is 30.2 Å². The molecule has 1 fully saturated rings. The number of hydrogen-bond donors (Lipinski definition) is 1. The zero-order valence-electron chi connectivity index (χ0n) is 20.3. The molecular weight excluding hydrogens is 442 g/mol. The van der Waals surface area contributed by atoms with Gasteiger partial charge in [0.1, 0.15) is 0 Å². The Morgan fingerprint density at radius 3 is 1.69 bits per heavy atom. The molecule has 36 heavy (non-hydrogen) atoms. The van der Waals surface area contributed by atoms with E-state index in [1.807, 2.05) is 77.7 Å². The van der Waals surface area contributed by atoms with Crippen LogP contribution in [0.1, 0.15) is 23.6 Å². The van der Waals surface area contributed by atoms with E-state index in [2.05, 4.69) is 65.3 Å². The van der Waals surface area contributed by atoms with Crippen LogP contribution in [-0.2, 0) is 4.79 Å². The lowest BCUT2D eigenvalue weighted by Crippen LogP contribution is -2.41.